The predicted octanol–water partition coefficient (Wildman–Crippen LogP) is -1.26. The van der Waals surface area contributed by atoms with E-state index in [-0.39, 0.29) is 84.3 Å². The normalized spacial score (nSPS) is 9.48. The van der Waals surface area contributed by atoms with Crippen molar-refractivity contribution in [2.45, 2.75) is 104 Å². The molecule has 0 spiro atoms. The molecule has 0 rings (SSSR count). The Bertz CT molecular complexity index is 1210. The van der Waals surface area contributed by atoms with Crippen LogP contribution in [-0.4, -0.2) is 37.2 Å². The van der Waals surface area contributed by atoms with E-state index >= 15 is 0 Å². The van der Waals surface area contributed by atoms with Gasteiger partial charge in [-0.1, -0.05) is 77.1 Å². The van der Waals surface area contributed by atoms with Gasteiger partial charge < -0.3 is 34.1 Å². The van der Waals surface area contributed by atoms with E-state index in [1.54, 1.807) is 6.92 Å². The van der Waals surface area contributed by atoms with Crippen molar-refractivity contribution in [2.24, 2.45) is 5.73 Å². The van der Waals surface area contributed by atoms with Crippen molar-refractivity contribution in [1.82, 2.24) is 0 Å². The summed E-state index contributed by atoms with van der Waals surface area (Å²) in [5.41, 5.74) is 4.47. The molecule has 0 aromatic carbocycles. The minimum absolute atomic E-state index is 0. The third-order valence-electron chi connectivity index (χ3n) is 4.83. The van der Waals surface area contributed by atoms with Crippen LogP contribution in [0.3, 0.4) is 0 Å². The van der Waals surface area contributed by atoms with Crippen LogP contribution in [0.15, 0.2) is 0 Å². The first-order valence-corrected chi connectivity index (χ1v) is 15.2. The van der Waals surface area contributed by atoms with Crippen molar-refractivity contribution in [3.05, 3.63) is 0 Å². The van der Waals surface area contributed by atoms with Crippen molar-refractivity contribution in [1.29, 1.82) is 0 Å². The summed E-state index contributed by atoms with van der Waals surface area (Å²) in [7, 11) is -5.30. The van der Waals surface area contributed by atoms with Crippen LogP contribution in [0, 0.1) is 59.2 Å². The number of phosphoric ester groups is 1. The Kier molecular flexibility index (Phi) is 40.0. The van der Waals surface area contributed by atoms with Gasteiger partial charge in [-0.15, -0.1) is 0 Å². The Morgan fingerprint density at radius 2 is 1.20 bits per heavy atom. The first-order valence-electron chi connectivity index (χ1n) is 13.7. The zero-order valence-corrected chi connectivity index (χ0v) is 31.6. The van der Waals surface area contributed by atoms with E-state index in [9.17, 15) is 28.7 Å². The summed E-state index contributed by atoms with van der Waals surface area (Å²) >= 11 is 0. The van der Waals surface area contributed by atoms with E-state index in [1.165, 1.54) is 51.9 Å². The average Bonchev–Trinajstić information content (AvgIpc) is 2.91. The Morgan fingerprint density at radius 1 is 0.773 bits per heavy atom. The van der Waals surface area contributed by atoms with Gasteiger partial charge in [-0.2, -0.15) is 0 Å². The van der Waals surface area contributed by atoms with Gasteiger partial charge in [-0.05, 0) is 60.7 Å². The first kappa shape index (κ1) is 49.2. The molecular formula is C31H58NNa2O9P. The van der Waals surface area contributed by atoms with Crippen LogP contribution in [0.25, 0.3) is 0 Å². The van der Waals surface area contributed by atoms with E-state index in [0.29, 0.717) is 6.42 Å². The van der Waals surface area contributed by atoms with Gasteiger partial charge >= 0.3 is 71.1 Å². The van der Waals surface area contributed by atoms with Crippen LogP contribution >= 0.6 is 7.82 Å². The predicted molar refractivity (Wildman–Crippen MR) is 174 cm³/mol. The number of hydrogen-bond acceptors (Lipinski definition) is 9. The molecule has 0 bridgehead atoms. The number of carbonyl (C=O) groups is 3. The Hall–Kier alpha value is -1.68. The molecule has 13 heteroatoms. The largest absolute Gasteiger partial charge is 1.00 e. The summed E-state index contributed by atoms with van der Waals surface area (Å²) in [5.74, 6) is 21.8. The zero-order chi connectivity index (χ0) is 31.9. The molecule has 248 valence electrons. The molecule has 0 aliphatic heterocycles. The fourth-order valence-corrected chi connectivity index (χ4v) is 3.35. The van der Waals surface area contributed by atoms with Gasteiger partial charge in [0.25, 0.3) is 0 Å². The topological polar surface area (TPSA) is 168 Å². The van der Waals surface area contributed by atoms with E-state index in [1.807, 2.05) is 0 Å². The third-order valence-corrected chi connectivity index (χ3v) is 5.29. The van der Waals surface area contributed by atoms with Crippen LogP contribution in [0.4, 0.5) is 0 Å². The summed E-state index contributed by atoms with van der Waals surface area (Å²) in [6.45, 7) is 3.83. The number of ether oxygens (including phenoxy) is 2. The Morgan fingerprint density at radius 3 is 1.66 bits per heavy atom. The van der Waals surface area contributed by atoms with Gasteiger partial charge in [0, 0.05) is 32.1 Å². The van der Waals surface area contributed by atoms with Crippen LogP contribution < -0.4 is 74.6 Å². The van der Waals surface area contributed by atoms with E-state index in [0.717, 1.165) is 19.3 Å². The number of rotatable bonds is 18. The minimum Gasteiger partial charge on any atom is -0.790 e. The first-order chi connectivity index (χ1) is 20.0. The molecule has 1 amide bonds. The smallest absolute Gasteiger partial charge is 0.790 e. The zero-order valence-electron chi connectivity index (χ0n) is 26.7. The van der Waals surface area contributed by atoms with Crippen LogP contribution in [0.5, 0.6) is 0 Å². The van der Waals surface area contributed by atoms with Gasteiger partial charge in [-0.3, -0.25) is 9.59 Å². The minimum atomic E-state index is -5.30. The van der Waals surface area contributed by atoms with Gasteiger partial charge in [-0.25, -0.2) is 4.79 Å². The van der Waals surface area contributed by atoms with Crippen molar-refractivity contribution in [2.75, 3.05) is 13.2 Å². The number of nitrogens with two attached hydrogens (primary N) is 1. The van der Waals surface area contributed by atoms with E-state index in [2.05, 4.69) is 76.4 Å². The maximum atomic E-state index is 12.1. The number of unbranched alkanes of at least 4 members (excludes halogenated alkanes) is 10. The number of amides is 1. The second-order valence-electron chi connectivity index (χ2n) is 8.72. The van der Waals surface area contributed by atoms with Gasteiger partial charge in [0.2, 0.25) is 5.91 Å². The molecule has 0 aromatic heterocycles. The molecular weight excluding hydrogens is 607 g/mol. The van der Waals surface area contributed by atoms with Gasteiger partial charge in [0.15, 0.2) is 6.10 Å². The molecule has 0 aliphatic rings. The molecule has 0 aromatic rings. The monoisotopic (exact) mass is 665 g/mol. The SMILES string of the molecule is CC#CC#CC#CC#CC#CC(=O)OC[C@H](COP(=O)([O-])[O-])OC(=O)CCCCCCCCCCCCC.CC(N)=O.[HH].[HH].[HH].[HH].[HH].[HH].[HH].[HH].[HH].[Na+].[Na+]. The Labute approximate surface area is 320 Å². The number of esters is 2. The number of phosphoric acid groups is 1. The molecule has 0 saturated carbocycles. The van der Waals surface area contributed by atoms with Crippen molar-refractivity contribution in [3.8, 4) is 59.2 Å². The fourth-order valence-electron chi connectivity index (χ4n) is 3.01. The molecule has 44 heavy (non-hydrogen) atoms. The van der Waals surface area contributed by atoms with E-state index < -0.39 is 39.1 Å². The molecule has 0 saturated heterocycles. The summed E-state index contributed by atoms with van der Waals surface area (Å²) in [6, 6.07) is 0. The van der Waals surface area contributed by atoms with Crippen LogP contribution in [-0.2, 0) is 32.9 Å². The van der Waals surface area contributed by atoms with E-state index in [4.69, 9.17) is 9.47 Å². The van der Waals surface area contributed by atoms with Gasteiger partial charge in [0.1, 0.15) is 6.61 Å². The molecule has 0 unspecified atom stereocenters. The quantitative estimate of drug-likeness (QED) is 0.0469. The summed E-state index contributed by atoms with van der Waals surface area (Å²) in [5, 5.41) is 0. The number of hydrogen-bond donors (Lipinski definition) is 1. The second kappa shape index (κ2) is 35.8. The van der Waals surface area contributed by atoms with Crippen molar-refractivity contribution in [3.63, 3.8) is 0 Å². The average molecular weight is 666 g/mol. The van der Waals surface area contributed by atoms with Gasteiger partial charge in [0.05, 0.1) is 14.4 Å². The van der Waals surface area contributed by atoms with Crippen LogP contribution in [0.2, 0.25) is 0 Å². The molecule has 0 fully saturated rings. The standard InChI is InChI=1S/C29H37O8P.C2H5NO.2Na.9H2/c1-3-5-7-9-11-13-14-16-18-20-22-24-29(31)37-27(26-36-38(32,33)34)25-35-28(30)23-21-19-17-15-12-10-8-6-4-2;1-2(3)4;;;;;;;;;;;/h27H,3,5,7,9,11,13-14,16,18,20,22,24-26H2,1-2H3,(H2,32,33,34);1H3,(H2,3,4);;;9*1H/q;;2*+1;;;;;;;;;/p-2/t27-;;;;;;;;;;;;/m1............/s1. The summed E-state index contributed by atoms with van der Waals surface area (Å²) in [4.78, 5) is 54.6. The fraction of sp³-hybridized carbons (Fsp3) is 0.581. The summed E-state index contributed by atoms with van der Waals surface area (Å²) < 4.78 is 24.9. The molecule has 10 nitrogen and oxygen atoms in total. The molecule has 0 radical (unpaired) electrons. The van der Waals surface area contributed by atoms with Crippen LogP contribution in [0.1, 0.15) is 111 Å². The number of carbonyl (C=O) groups excluding carboxylic acids is 3. The molecule has 2 N–H and O–H groups in total. The van der Waals surface area contributed by atoms with Crippen molar-refractivity contribution < 1.29 is 115 Å². The Balaban J connectivity index is -0.0000000919. The number of primary amides is 1. The third kappa shape index (κ3) is 44.8. The maximum absolute atomic E-state index is 12.1. The summed E-state index contributed by atoms with van der Waals surface area (Å²) in [6.07, 6.45) is 11.2. The molecule has 0 aliphatic carbocycles. The maximum Gasteiger partial charge on any atom is 1.00 e. The molecule has 0 heterocycles. The second-order valence-corrected chi connectivity index (χ2v) is 9.88. The molecule has 1 atom stereocenters. The van der Waals surface area contributed by atoms with Crippen molar-refractivity contribution >= 4 is 25.7 Å².